The van der Waals surface area contributed by atoms with Crippen molar-refractivity contribution in [2.45, 2.75) is 23.6 Å². The van der Waals surface area contributed by atoms with Crippen molar-refractivity contribution >= 4 is 39.0 Å². The van der Waals surface area contributed by atoms with Crippen LogP contribution in [0.3, 0.4) is 0 Å². The van der Waals surface area contributed by atoms with Gasteiger partial charge in [0.25, 0.3) is 5.91 Å². The monoisotopic (exact) mass is 435 g/mol. The summed E-state index contributed by atoms with van der Waals surface area (Å²) in [4.78, 5) is 24.1. The zero-order chi connectivity index (χ0) is 21.3. The highest BCUT2D eigenvalue weighted by atomic mass is 32.2. The van der Waals surface area contributed by atoms with E-state index in [2.05, 4.69) is 0 Å². The molecular formula is C17H16F3NO5S2. The summed E-state index contributed by atoms with van der Waals surface area (Å²) in [5.41, 5.74) is -4.44. The second kappa shape index (κ2) is 7.72. The molecule has 1 unspecified atom stereocenters. The van der Waals surface area contributed by atoms with Gasteiger partial charge in [0, 0.05) is 0 Å². The first-order valence-corrected chi connectivity index (χ1v) is 10.7. The quantitative estimate of drug-likeness (QED) is 0.754. The molecule has 2 rings (SSSR count). The van der Waals surface area contributed by atoms with E-state index in [0.717, 1.165) is 18.2 Å². The average Bonchev–Trinajstić information content (AvgIpc) is 2.67. The van der Waals surface area contributed by atoms with Gasteiger partial charge in [-0.15, -0.1) is 11.8 Å². The van der Waals surface area contributed by atoms with Crippen LogP contribution in [0, 0.1) is 0 Å². The fourth-order valence-electron chi connectivity index (χ4n) is 2.35. The van der Waals surface area contributed by atoms with E-state index in [9.17, 15) is 36.3 Å². The summed E-state index contributed by atoms with van der Waals surface area (Å²) in [7, 11) is -4.00. The highest BCUT2D eigenvalue weighted by Crippen LogP contribution is 2.34. The molecule has 2 N–H and O–H groups in total. The first-order chi connectivity index (χ1) is 12.8. The lowest BCUT2D eigenvalue weighted by atomic mass is 10.0. The van der Waals surface area contributed by atoms with Crippen molar-refractivity contribution in [3.05, 3.63) is 46.9 Å². The molecule has 1 amide bonds. The molecular weight excluding hydrogens is 419 g/mol. The Bertz CT molecular complexity index is 979. The molecule has 11 heteroatoms. The lowest BCUT2D eigenvalue weighted by Gasteiger charge is -2.25. The van der Waals surface area contributed by atoms with E-state index < -0.39 is 55.2 Å². The third-order valence-corrected chi connectivity index (χ3v) is 6.07. The van der Waals surface area contributed by atoms with E-state index >= 15 is 0 Å². The number of ketones is 1. The first-order valence-electron chi connectivity index (χ1n) is 7.72. The third kappa shape index (κ3) is 4.31. The minimum atomic E-state index is -5.27. The first kappa shape index (κ1) is 22.2. The van der Waals surface area contributed by atoms with Crippen LogP contribution >= 0.6 is 11.8 Å². The van der Waals surface area contributed by atoms with Gasteiger partial charge in [0.1, 0.15) is 0 Å². The molecule has 1 aliphatic heterocycles. The van der Waals surface area contributed by atoms with Crippen molar-refractivity contribution in [1.29, 1.82) is 0 Å². The molecule has 1 aliphatic rings. The van der Waals surface area contributed by atoms with Crippen molar-refractivity contribution in [2.75, 3.05) is 17.3 Å². The predicted octanol–water partition coefficient (Wildman–Crippen LogP) is 2.71. The van der Waals surface area contributed by atoms with Gasteiger partial charge in [0.2, 0.25) is 5.60 Å². The molecule has 0 bridgehead atoms. The Labute approximate surface area is 163 Å². The number of allylic oxidation sites excluding steroid dienone is 2. The van der Waals surface area contributed by atoms with Crippen LogP contribution in [0.2, 0.25) is 0 Å². The number of sulfone groups is 1. The van der Waals surface area contributed by atoms with E-state index in [1.165, 1.54) is 23.9 Å². The summed E-state index contributed by atoms with van der Waals surface area (Å²) in [6.45, 7) is 0.258. The highest BCUT2D eigenvalue weighted by molar-refractivity contribution is 8.01. The second-order valence-electron chi connectivity index (χ2n) is 6.08. The topological polar surface area (TPSA) is 101 Å². The Balaban J connectivity index is 2.57. The van der Waals surface area contributed by atoms with Crippen LogP contribution in [0.25, 0.3) is 0 Å². The number of aliphatic hydroxyl groups is 1. The number of benzene rings is 1. The van der Waals surface area contributed by atoms with E-state index in [4.69, 9.17) is 0 Å². The van der Waals surface area contributed by atoms with Gasteiger partial charge >= 0.3 is 6.18 Å². The standard InChI is InChI=1S/C17H16F3NO5S2/c1-16(24,17(18,19)20)15(23)21-11-4-3-5-13-14(11)12(22)8-10(6-7-27-2)9-28(13,25)26/h3-8,24H,9H2,1-2H3,(H,21,23)/b7-6-. The van der Waals surface area contributed by atoms with Crippen LogP contribution in [0.4, 0.5) is 18.9 Å². The number of halogens is 3. The number of carbonyl (C=O) groups excluding carboxylic acids is 2. The number of hydrogen-bond acceptors (Lipinski definition) is 6. The van der Waals surface area contributed by atoms with Gasteiger partial charge in [-0.3, -0.25) is 9.59 Å². The SMILES string of the molecule is CS/C=C\C1=CC(=O)c2c(NC(=O)C(C)(O)C(F)(F)F)cccc2S(=O)(=O)C1. The van der Waals surface area contributed by atoms with Gasteiger partial charge in [0.15, 0.2) is 15.6 Å². The van der Waals surface area contributed by atoms with E-state index in [0.29, 0.717) is 0 Å². The van der Waals surface area contributed by atoms with Crippen molar-refractivity contribution in [3.63, 3.8) is 0 Å². The van der Waals surface area contributed by atoms with Gasteiger partial charge in [-0.25, -0.2) is 8.42 Å². The second-order valence-corrected chi connectivity index (χ2v) is 8.79. The number of amides is 1. The van der Waals surface area contributed by atoms with Crippen molar-refractivity contribution < 1.29 is 36.3 Å². The summed E-state index contributed by atoms with van der Waals surface area (Å²) in [6, 6.07) is 3.41. The van der Waals surface area contributed by atoms with Crippen LogP contribution in [-0.4, -0.2) is 49.0 Å². The Morgan fingerprint density at radius 3 is 2.54 bits per heavy atom. The maximum Gasteiger partial charge on any atom is 0.426 e. The van der Waals surface area contributed by atoms with Crippen molar-refractivity contribution in [3.8, 4) is 0 Å². The molecule has 1 aromatic rings. The number of thioether (sulfide) groups is 1. The zero-order valence-electron chi connectivity index (χ0n) is 14.7. The summed E-state index contributed by atoms with van der Waals surface area (Å²) in [5.74, 6) is -3.12. The maximum atomic E-state index is 12.9. The minimum Gasteiger partial charge on any atom is -0.373 e. The van der Waals surface area contributed by atoms with Crippen LogP contribution in [-0.2, 0) is 14.6 Å². The Morgan fingerprint density at radius 1 is 1.32 bits per heavy atom. The average molecular weight is 435 g/mol. The lowest BCUT2D eigenvalue weighted by molar-refractivity contribution is -0.242. The Hall–Kier alpha value is -2.11. The molecule has 1 atom stereocenters. The summed E-state index contributed by atoms with van der Waals surface area (Å²) in [5, 5.41) is 12.9. The smallest absolute Gasteiger partial charge is 0.373 e. The number of carbonyl (C=O) groups is 2. The van der Waals surface area contributed by atoms with E-state index in [-0.39, 0.29) is 12.5 Å². The number of hydrogen-bond donors (Lipinski definition) is 2. The zero-order valence-corrected chi connectivity index (χ0v) is 16.3. The summed E-state index contributed by atoms with van der Waals surface area (Å²) < 4.78 is 63.9. The lowest BCUT2D eigenvalue weighted by Crippen LogP contribution is -2.52. The number of nitrogens with one attached hydrogen (secondary N) is 1. The highest BCUT2D eigenvalue weighted by Gasteiger charge is 2.56. The van der Waals surface area contributed by atoms with E-state index in [1.807, 2.05) is 5.32 Å². The molecule has 0 aliphatic carbocycles. The van der Waals surface area contributed by atoms with Gasteiger partial charge in [0.05, 0.1) is 21.9 Å². The van der Waals surface area contributed by atoms with Gasteiger partial charge in [-0.1, -0.05) is 12.1 Å². The maximum absolute atomic E-state index is 12.9. The number of fused-ring (bicyclic) bond motifs is 1. The summed E-state index contributed by atoms with van der Waals surface area (Å²) in [6.07, 6.45) is -1.04. The molecule has 6 nitrogen and oxygen atoms in total. The van der Waals surface area contributed by atoms with Gasteiger partial charge in [-0.2, -0.15) is 13.2 Å². The molecule has 28 heavy (non-hydrogen) atoms. The van der Waals surface area contributed by atoms with Crippen LogP contribution < -0.4 is 5.32 Å². The Kier molecular flexibility index (Phi) is 6.12. The number of anilines is 1. The van der Waals surface area contributed by atoms with Crippen molar-refractivity contribution in [1.82, 2.24) is 0 Å². The number of alkyl halides is 3. The van der Waals surface area contributed by atoms with Crippen molar-refractivity contribution in [2.24, 2.45) is 0 Å². The molecule has 1 aromatic carbocycles. The molecule has 152 valence electrons. The molecule has 0 fully saturated rings. The molecule has 0 saturated heterocycles. The molecule has 1 heterocycles. The van der Waals surface area contributed by atoms with E-state index in [1.54, 1.807) is 11.7 Å². The largest absolute Gasteiger partial charge is 0.426 e. The summed E-state index contributed by atoms with van der Waals surface area (Å²) >= 11 is 1.29. The fourth-order valence-corrected chi connectivity index (χ4v) is 4.24. The molecule has 0 spiro atoms. The third-order valence-electron chi connectivity index (χ3n) is 3.94. The van der Waals surface area contributed by atoms with Crippen LogP contribution in [0.15, 0.2) is 46.2 Å². The van der Waals surface area contributed by atoms with Crippen LogP contribution in [0.1, 0.15) is 17.3 Å². The number of rotatable bonds is 4. The molecule has 0 saturated carbocycles. The fraction of sp³-hybridized carbons (Fsp3) is 0.294. The minimum absolute atomic E-state index is 0.190. The predicted molar refractivity (Wildman–Crippen MR) is 98.9 cm³/mol. The van der Waals surface area contributed by atoms with Crippen LogP contribution in [0.5, 0.6) is 0 Å². The molecule has 0 radical (unpaired) electrons. The molecule has 0 aromatic heterocycles. The van der Waals surface area contributed by atoms with Gasteiger partial charge < -0.3 is 10.4 Å². The van der Waals surface area contributed by atoms with Gasteiger partial charge in [-0.05, 0) is 42.4 Å². The normalized spacial score (nSPS) is 18.8. The Morgan fingerprint density at radius 2 is 1.96 bits per heavy atom.